The maximum atomic E-state index is 12.3. The molecule has 1 aromatic rings. The van der Waals surface area contributed by atoms with Crippen molar-refractivity contribution in [2.24, 2.45) is 5.41 Å². The highest BCUT2D eigenvalue weighted by Gasteiger charge is 2.33. The molecule has 2 nitrogen and oxygen atoms in total. The van der Waals surface area contributed by atoms with Crippen LogP contribution in [-0.2, 0) is 0 Å². The molecule has 1 N–H and O–H groups in total. The van der Waals surface area contributed by atoms with Crippen LogP contribution in [0.5, 0.6) is 0 Å². The SMILES string of the molecule is CC1(C)CCCCC1NC(=O)c1cc(Br)sc1Br. The number of carbonyl (C=O) groups is 1. The molecule has 0 aromatic carbocycles. The summed E-state index contributed by atoms with van der Waals surface area (Å²) < 4.78 is 1.86. The lowest BCUT2D eigenvalue weighted by atomic mass is 9.73. The Morgan fingerprint density at radius 2 is 2.17 bits per heavy atom. The zero-order chi connectivity index (χ0) is 13.3. The van der Waals surface area contributed by atoms with Gasteiger partial charge >= 0.3 is 0 Å². The van der Waals surface area contributed by atoms with Gasteiger partial charge in [0.15, 0.2) is 0 Å². The third kappa shape index (κ3) is 3.17. The molecule has 1 unspecified atom stereocenters. The van der Waals surface area contributed by atoms with Gasteiger partial charge < -0.3 is 5.32 Å². The number of thiophene rings is 1. The van der Waals surface area contributed by atoms with Crippen molar-refractivity contribution in [1.29, 1.82) is 0 Å². The quantitative estimate of drug-likeness (QED) is 0.753. The number of halogens is 2. The molecule has 0 aliphatic heterocycles. The Balaban J connectivity index is 2.09. The van der Waals surface area contributed by atoms with Crippen molar-refractivity contribution < 1.29 is 4.79 Å². The standard InChI is InChI=1S/C13H17Br2NOS/c1-13(2)6-4-3-5-9(13)16-12(17)8-7-10(14)18-11(8)15/h7,9H,3-6H2,1-2H3,(H,16,17). The highest BCUT2D eigenvalue weighted by atomic mass is 79.9. The van der Waals surface area contributed by atoms with Gasteiger partial charge in [0, 0.05) is 6.04 Å². The highest BCUT2D eigenvalue weighted by molar-refractivity contribution is 9.12. The number of hydrogen-bond acceptors (Lipinski definition) is 2. The van der Waals surface area contributed by atoms with Crippen molar-refractivity contribution in [1.82, 2.24) is 5.32 Å². The van der Waals surface area contributed by atoms with Crippen molar-refractivity contribution in [3.63, 3.8) is 0 Å². The molecule has 1 heterocycles. The van der Waals surface area contributed by atoms with E-state index in [1.54, 1.807) is 0 Å². The molecule has 1 aliphatic carbocycles. The van der Waals surface area contributed by atoms with Gasteiger partial charge in [0.05, 0.1) is 13.1 Å². The van der Waals surface area contributed by atoms with Gasteiger partial charge in [-0.1, -0.05) is 26.7 Å². The topological polar surface area (TPSA) is 29.1 Å². The van der Waals surface area contributed by atoms with E-state index in [0.29, 0.717) is 0 Å². The van der Waals surface area contributed by atoms with E-state index in [1.165, 1.54) is 30.6 Å². The lowest BCUT2D eigenvalue weighted by Crippen LogP contribution is -2.46. The summed E-state index contributed by atoms with van der Waals surface area (Å²) in [6, 6.07) is 2.16. The number of rotatable bonds is 2. The summed E-state index contributed by atoms with van der Waals surface area (Å²) in [7, 11) is 0. The predicted molar refractivity (Wildman–Crippen MR) is 83.2 cm³/mol. The normalized spacial score (nSPS) is 22.8. The van der Waals surface area contributed by atoms with Crippen LogP contribution in [-0.4, -0.2) is 11.9 Å². The van der Waals surface area contributed by atoms with Crippen LogP contribution in [0.3, 0.4) is 0 Å². The largest absolute Gasteiger partial charge is 0.349 e. The van der Waals surface area contributed by atoms with Crippen molar-refractivity contribution >= 4 is 49.1 Å². The molecule has 1 aliphatic rings. The molecule has 2 rings (SSSR count). The molecule has 1 atom stereocenters. The minimum absolute atomic E-state index is 0.0313. The average molecular weight is 395 g/mol. The van der Waals surface area contributed by atoms with Gasteiger partial charge in [0.25, 0.3) is 5.91 Å². The van der Waals surface area contributed by atoms with E-state index in [0.717, 1.165) is 19.6 Å². The first-order chi connectivity index (χ1) is 8.40. The van der Waals surface area contributed by atoms with Crippen molar-refractivity contribution in [2.75, 3.05) is 0 Å². The van der Waals surface area contributed by atoms with Gasteiger partial charge in [-0.25, -0.2) is 0 Å². The van der Waals surface area contributed by atoms with Crippen LogP contribution < -0.4 is 5.32 Å². The minimum Gasteiger partial charge on any atom is -0.349 e. The number of carbonyl (C=O) groups excluding carboxylic acids is 1. The molecule has 1 amide bonds. The summed E-state index contributed by atoms with van der Waals surface area (Å²) in [4.78, 5) is 12.3. The number of amides is 1. The summed E-state index contributed by atoms with van der Waals surface area (Å²) in [5.41, 5.74) is 0.932. The molecular formula is C13H17Br2NOS. The second kappa shape index (κ2) is 5.63. The van der Waals surface area contributed by atoms with Gasteiger partial charge in [0.2, 0.25) is 0 Å². The van der Waals surface area contributed by atoms with Crippen LogP contribution in [0.1, 0.15) is 49.9 Å². The fraction of sp³-hybridized carbons (Fsp3) is 0.615. The van der Waals surface area contributed by atoms with E-state index < -0.39 is 0 Å². The molecule has 0 saturated heterocycles. The van der Waals surface area contributed by atoms with Crippen LogP contribution in [0.25, 0.3) is 0 Å². The molecule has 18 heavy (non-hydrogen) atoms. The zero-order valence-electron chi connectivity index (χ0n) is 10.6. The third-order valence-electron chi connectivity index (χ3n) is 3.71. The molecule has 1 fully saturated rings. The highest BCUT2D eigenvalue weighted by Crippen LogP contribution is 2.36. The number of nitrogens with one attached hydrogen (secondary N) is 1. The molecule has 5 heteroatoms. The second-order valence-corrected chi connectivity index (χ2v) is 9.25. The van der Waals surface area contributed by atoms with Gasteiger partial charge in [-0.2, -0.15) is 0 Å². The monoisotopic (exact) mass is 393 g/mol. The minimum atomic E-state index is 0.0313. The average Bonchev–Trinajstić information content (AvgIpc) is 2.61. The Hall–Kier alpha value is 0.130. The van der Waals surface area contributed by atoms with E-state index in [1.807, 2.05) is 6.07 Å². The Kier molecular flexibility index (Phi) is 4.55. The van der Waals surface area contributed by atoms with Crippen LogP contribution >= 0.6 is 43.2 Å². The Labute approximate surface area is 129 Å². The van der Waals surface area contributed by atoms with Crippen molar-refractivity contribution in [2.45, 2.75) is 45.6 Å². The maximum Gasteiger partial charge on any atom is 0.253 e. The van der Waals surface area contributed by atoms with Crippen LogP contribution in [0.4, 0.5) is 0 Å². The van der Waals surface area contributed by atoms with E-state index in [9.17, 15) is 4.79 Å². The number of hydrogen-bond donors (Lipinski definition) is 1. The first-order valence-corrected chi connectivity index (χ1v) is 8.56. The molecule has 0 bridgehead atoms. The summed E-state index contributed by atoms with van der Waals surface area (Å²) in [6.07, 6.45) is 4.75. The Morgan fingerprint density at radius 3 is 2.72 bits per heavy atom. The van der Waals surface area contributed by atoms with E-state index in [2.05, 4.69) is 51.0 Å². The summed E-state index contributed by atoms with van der Waals surface area (Å²) in [5, 5.41) is 3.20. The molecular weight excluding hydrogens is 378 g/mol. The fourth-order valence-electron chi connectivity index (χ4n) is 2.49. The molecule has 1 saturated carbocycles. The van der Waals surface area contributed by atoms with Crippen LogP contribution in [0, 0.1) is 5.41 Å². The van der Waals surface area contributed by atoms with Gasteiger partial charge in [-0.05, 0) is 56.2 Å². The van der Waals surface area contributed by atoms with E-state index >= 15 is 0 Å². The van der Waals surface area contributed by atoms with Gasteiger partial charge in [-0.15, -0.1) is 11.3 Å². The van der Waals surface area contributed by atoms with Gasteiger partial charge in [0.1, 0.15) is 0 Å². The first-order valence-electron chi connectivity index (χ1n) is 6.16. The first kappa shape index (κ1) is 14.5. The van der Waals surface area contributed by atoms with E-state index in [-0.39, 0.29) is 17.4 Å². The lowest BCUT2D eigenvalue weighted by molar-refractivity contribution is 0.0853. The second-order valence-electron chi connectivity index (χ2n) is 5.50. The van der Waals surface area contributed by atoms with Crippen LogP contribution in [0.2, 0.25) is 0 Å². The summed E-state index contributed by atoms with van der Waals surface area (Å²) in [6.45, 7) is 4.49. The third-order valence-corrected chi connectivity index (χ3v) is 6.05. The van der Waals surface area contributed by atoms with E-state index in [4.69, 9.17) is 0 Å². The predicted octanol–water partition coefficient (Wildman–Crippen LogP) is 4.97. The molecule has 0 radical (unpaired) electrons. The fourth-order valence-corrected chi connectivity index (χ4v) is 5.29. The van der Waals surface area contributed by atoms with Crippen molar-refractivity contribution in [3.05, 3.63) is 19.2 Å². The Morgan fingerprint density at radius 1 is 1.44 bits per heavy atom. The molecule has 1 aromatic heterocycles. The molecule has 100 valence electrons. The molecule has 0 spiro atoms. The Bertz CT molecular complexity index is 456. The zero-order valence-corrected chi connectivity index (χ0v) is 14.5. The smallest absolute Gasteiger partial charge is 0.253 e. The summed E-state index contributed by atoms with van der Waals surface area (Å²) in [5.74, 6) is 0.0313. The summed E-state index contributed by atoms with van der Waals surface area (Å²) >= 11 is 8.38. The van der Waals surface area contributed by atoms with Gasteiger partial charge in [-0.3, -0.25) is 4.79 Å². The lowest BCUT2D eigenvalue weighted by Gasteiger charge is -2.39. The van der Waals surface area contributed by atoms with Crippen molar-refractivity contribution in [3.8, 4) is 0 Å². The van der Waals surface area contributed by atoms with Crippen LogP contribution in [0.15, 0.2) is 13.6 Å². The maximum absolute atomic E-state index is 12.3.